The molecule has 3 aromatic carbocycles. The zero-order chi connectivity index (χ0) is 24.0. The van der Waals surface area contributed by atoms with E-state index in [0.29, 0.717) is 12.3 Å². The maximum atomic E-state index is 14.6. The van der Waals surface area contributed by atoms with E-state index in [-0.39, 0.29) is 12.4 Å². The van der Waals surface area contributed by atoms with Gasteiger partial charge in [-0.25, -0.2) is 8.78 Å². The SMILES string of the molecule is Fc1ccc(Cc2ccc(N3CCN(CC(F)COc4ccc5ncccc5c4)CC3)cc2)cc1. The van der Waals surface area contributed by atoms with E-state index >= 15 is 0 Å². The van der Waals surface area contributed by atoms with Crippen molar-refractivity contribution in [1.29, 1.82) is 0 Å². The van der Waals surface area contributed by atoms with Gasteiger partial charge in [0.1, 0.15) is 24.3 Å². The molecule has 4 aromatic rings. The lowest BCUT2D eigenvalue weighted by atomic mass is 10.0. The van der Waals surface area contributed by atoms with E-state index in [4.69, 9.17) is 4.74 Å². The fourth-order valence-electron chi connectivity index (χ4n) is 4.51. The van der Waals surface area contributed by atoms with Gasteiger partial charge in [0.25, 0.3) is 0 Å². The summed E-state index contributed by atoms with van der Waals surface area (Å²) in [6.45, 7) is 3.78. The highest BCUT2D eigenvalue weighted by molar-refractivity contribution is 5.79. The van der Waals surface area contributed by atoms with Gasteiger partial charge in [-0.1, -0.05) is 30.3 Å². The van der Waals surface area contributed by atoms with Gasteiger partial charge in [0.05, 0.1) is 5.52 Å². The maximum absolute atomic E-state index is 14.6. The second-order valence-electron chi connectivity index (χ2n) is 9.02. The second kappa shape index (κ2) is 10.8. The fourth-order valence-corrected chi connectivity index (χ4v) is 4.51. The van der Waals surface area contributed by atoms with Crippen molar-refractivity contribution in [3.05, 3.63) is 102 Å². The highest BCUT2D eigenvalue weighted by atomic mass is 19.1. The summed E-state index contributed by atoms with van der Waals surface area (Å²) in [7, 11) is 0. The van der Waals surface area contributed by atoms with Crippen molar-refractivity contribution in [2.75, 3.05) is 44.2 Å². The summed E-state index contributed by atoms with van der Waals surface area (Å²) in [6, 6.07) is 24.7. The summed E-state index contributed by atoms with van der Waals surface area (Å²) in [5, 5.41) is 0.986. The fraction of sp³-hybridized carbons (Fsp3) is 0.276. The molecule has 0 N–H and O–H groups in total. The largest absolute Gasteiger partial charge is 0.490 e. The molecule has 0 radical (unpaired) electrons. The van der Waals surface area contributed by atoms with Crippen LogP contribution in [0, 0.1) is 5.82 Å². The van der Waals surface area contributed by atoms with Crippen LogP contribution in [0.15, 0.2) is 85.1 Å². The molecule has 0 spiro atoms. The number of nitrogens with zero attached hydrogens (tertiary/aromatic N) is 3. The van der Waals surface area contributed by atoms with E-state index in [9.17, 15) is 8.78 Å². The minimum absolute atomic E-state index is 0.0432. The van der Waals surface area contributed by atoms with Gasteiger partial charge >= 0.3 is 0 Å². The zero-order valence-corrected chi connectivity index (χ0v) is 19.6. The molecule has 180 valence electrons. The smallest absolute Gasteiger partial charge is 0.147 e. The molecule has 6 heteroatoms. The molecular weight excluding hydrogens is 444 g/mol. The third-order valence-electron chi connectivity index (χ3n) is 6.46. The van der Waals surface area contributed by atoms with Gasteiger partial charge < -0.3 is 9.64 Å². The van der Waals surface area contributed by atoms with Crippen molar-refractivity contribution in [2.45, 2.75) is 12.6 Å². The Balaban J connectivity index is 1.06. The van der Waals surface area contributed by atoms with Crippen molar-refractivity contribution < 1.29 is 13.5 Å². The Bertz CT molecular complexity index is 1240. The van der Waals surface area contributed by atoms with Crippen LogP contribution >= 0.6 is 0 Å². The molecule has 0 amide bonds. The lowest BCUT2D eigenvalue weighted by Crippen LogP contribution is -2.48. The number of fused-ring (bicyclic) bond motifs is 1. The monoisotopic (exact) mass is 473 g/mol. The standard InChI is InChI=1S/C29H29F2N3O/c30-25-7-3-22(4-8-25)18-23-5-9-27(10-6-23)34-16-14-33(15-17-34)20-26(31)21-35-28-11-12-29-24(19-28)2-1-13-32-29/h1-13,19,26H,14-18,20-21H2. The predicted molar refractivity (Wildman–Crippen MR) is 136 cm³/mol. The van der Waals surface area contributed by atoms with Crippen molar-refractivity contribution in [2.24, 2.45) is 0 Å². The molecule has 35 heavy (non-hydrogen) atoms. The van der Waals surface area contributed by atoms with Crippen LogP contribution in [0.1, 0.15) is 11.1 Å². The first-order valence-electron chi connectivity index (χ1n) is 12.0. The van der Waals surface area contributed by atoms with Gasteiger partial charge in [0.2, 0.25) is 0 Å². The minimum Gasteiger partial charge on any atom is -0.490 e. The Labute approximate surface area is 204 Å². The quantitative estimate of drug-likeness (QED) is 0.338. The molecule has 2 heterocycles. The van der Waals surface area contributed by atoms with E-state index in [1.54, 1.807) is 6.20 Å². The first-order chi connectivity index (χ1) is 17.1. The zero-order valence-electron chi connectivity index (χ0n) is 19.6. The topological polar surface area (TPSA) is 28.6 Å². The number of halogens is 2. The van der Waals surface area contributed by atoms with Gasteiger partial charge in [-0.2, -0.15) is 0 Å². The number of hydrogen-bond acceptors (Lipinski definition) is 4. The van der Waals surface area contributed by atoms with Crippen LogP contribution in [0.25, 0.3) is 10.9 Å². The van der Waals surface area contributed by atoms with Crippen LogP contribution < -0.4 is 9.64 Å². The lowest BCUT2D eigenvalue weighted by molar-refractivity contribution is 0.133. The highest BCUT2D eigenvalue weighted by Gasteiger charge is 2.20. The average Bonchev–Trinajstić information content (AvgIpc) is 2.90. The molecule has 4 nitrogen and oxygen atoms in total. The number of rotatable bonds is 8. The molecule has 1 aliphatic rings. The molecule has 0 aliphatic carbocycles. The number of aromatic nitrogens is 1. The van der Waals surface area contributed by atoms with E-state index in [0.717, 1.165) is 49.1 Å². The summed E-state index contributed by atoms with van der Waals surface area (Å²) in [4.78, 5) is 8.80. The van der Waals surface area contributed by atoms with E-state index in [2.05, 4.69) is 39.0 Å². The van der Waals surface area contributed by atoms with Gasteiger partial charge in [-0.05, 0) is 66.1 Å². The first kappa shape index (κ1) is 23.2. The highest BCUT2D eigenvalue weighted by Crippen LogP contribution is 2.21. The number of anilines is 1. The van der Waals surface area contributed by atoms with Gasteiger partial charge in [0.15, 0.2) is 0 Å². The Morgan fingerprint density at radius 1 is 0.857 bits per heavy atom. The summed E-state index contributed by atoms with van der Waals surface area (Å²) in [5.74, 6) is 0.457. The Hall–Kier alpha value is -3.51. The second-order valence-corrected chi connectivity index (χ2v) is 9.02. The summed E-state index contributed by atoms with van der Waals surface area (Å²) < 4.78 is 33.4. The van der Waals surface area contributed by atoms with Gasteiger partial charge in [-0.3, -0.25) is 9.88 Å². The van der Waals surface area contributed by atoms with E-state index in [1.165, 1.54) is 23.4 Å². The Morgan fingerprint density at radius 3 is 2.31 bits per heavy atom. The van der Waals surface area contributed by atoms with E-state index < -0.39 is 6.17 Å². The minimum atomic E-state index is -1.04. The third-order valence-corrected chi connectivity index (χ3v) is 6.46. The summed E-state index contributed by atoms with van der Waals surface area (Å²) >= 11 is 0. The van der Waals surface area contributed by atoms with Crippen LogP contribution in [0.4, 0.5) is 14.5 Å². The molecular formula is C29H29F2N3O. The van der Waals surface area contributed by atoms with Crippen molar-refractivity contribution in [3.8, 4) is 5.75 Å². The van der Waals surface area contributed by atoms with Crippen LogP contribution in [0.3, 0.4) is 0 Å². The number of alkyl halides is 1. The Morgan fingerprint density at radius 2 is 1.57 bits per heavy atom. The number of hydrogen-bond donors (Lipinski definition) is 0. The number of piperazine rings is 1. The molecule has 1 unspecified atom stereocenters. The van der Waals surface area contributed by atoms with Gasteiger partial charge in [0, 0.05) is 50.0 Å². The predicted octanol–water partition coefficient (Wildman–Crippen LogP) is 5.50. The van der Waals surface area contributed by atoms with Crippen LogP contribution in [-0.4, -0.2) is 55.4 Å². The summed E-state index contributed by atoms with van der Waals surface area (Å²) in [6.07, 6.45) is 1.49. The molecule has 1 saturated heterocycles. The lowest BCUT2D eigenvalue weighted by Gasteiger charge is -2.36. The number of benzene rings is 3. The molecule has 1 aliphatic heterocycles. The van der Waals surface area contributed by atoms with Crippen molar-refractivity contribution in [3.63, 3.8) is 0 Å². The molecule has 1 fully saturated rings. The maximum Gasteiger partial charge on any atom is 0.147 e. The Kier molecular flexibility index (Phi) is 7.19. The summed E-state index contributed by atoms with van der Waals surface area (Å²) in [5.41, 5.74) is 4.37. The number of ether oxygens (including phenoxy) is 1. The van der Waals surface area contributed by atoms with E-state index in [1.807, 2.05) is 42.5 Å². The molecule has 0 bridgehead atoms. The van der Waals surface area contributed by atoms with Crippen LogP contribution in [0.2, 0.25) is 0 Å². The molecule has 1 aromatic heterocycles. The first-order valence-corrected chi connectivity index (χ1v) is 12.0. The normalized spacial score (nSPS) is 15.3. The van der Waals surface area contributed by atoms with Crippen LogP contribution in [-0.2, 0) is 6.42 Å². The molecule has 1 atom stereocenters. The van der Waals surface area contributed by atoms with Crippen molar-refractivity contribution >= 4 is 16.6 Å². The molecule has 5 rings (SSSR count). The number of pyridine rings is 1. The van der Waals surface area contributed by atoms with Crippen molar-refractivity contribution in [1.82, 2.24) is 9.88 Å². The van der Waals surface area contributed by atoms with Gasteiger partial charge in [-0.15, -0.1) is 0 Å². The average molecular weight is 474 g/mol. The third kappa shape index (κ3) is 6.14. The molecule has 0 saturated carbocycles. The van der Waals surface area contributed by atoms with Crippen LogP contribution in [0.5, 0.6) is 5.75 Å².